The van der Waals surface area contributed by atoms with Gasteiger partial charge in [-0.1, -0.05) is 30.8 Å². The quantitative estimate of drug-likeness (QED) is 0.470. The summed E-state index contributed by atoms with van der Waals surface area (Å²) in [6.07, 6.45) is 9.54. The first-order valence-corrected chi connectivity index (χ1v) is 12.4. The fourth-order valence-electron chi connectivity index (χ4n) is 4.88. The number of rotatable bonds is 7. The van der Waals surface area contributed by atoms with E-state index in [9.17, 15) is 9.59 Å². The van der Waals surface area contributed by atoms with Crippen molar-refractivity contribution in [2.75, 3.05) is 5.32 Å². The Labute approximate surface area is 205 Å². The third-order valence-corrected chi connectivity index (χ3v) is 6.67. The molecular formula is C26H34N6O3. The van der Waals surface area contributed by atoms with Crippen LogP contribution in [-0.2, 0) is 4.79 Å². The van der Waals surface area contributed by atoms with Gasteiger partial charge in [0.2, 0.25) is 5.91 Å². The molecule has 9 heteroatoms. The maximum absolute atomic E-state index is 13.5. The van der Waals surface area contributed by atoms with Crippen molar-refractivity contribution in [1.29, 1.82) is 0 Å². The van der Waals surface area contributed by atoms with Crippen LogP contribution < -0.4 is 10.6 Å². The SMILES string of the molecule is Cc1noc(C)c1-c1ccc(NC(=O)[C@@H](NC(=O)c2ccnn2C(C)C)C2CCCCCC2)nc1. The number of nitrogens with zero attached hydrogens (tertiary/aromatic N) is 4. The van der Waals surface area contributed by atoms with Gasteiger partial charge in [-0.3, -0.25) is 14.3 Å². The maximum atomic E-state index is 13.5. The number of hydrogen-bond donors (Lipinski definition) is 2. The zero-order chi connectivity index (χ0) is 24.9. The Morgan fingerprint density at radius 3 is 2.43 bits per heavy atom. The van der Waals surface area contributed by atoms with Crippen LogP contribution in [0.3, 0.4) is 0 Å². The lowest BCUT2D eigenvalue weighted by molar-refractivity contribution is -0.119. The molecule has 0 aliphatic heterocycles. The Bertz CT molecular complexity index is 1140. The third kappa shape index (κ3) is 5.61. The number of hydrogen-bond acceptors (Lipinski definition) is 6. The molecule has 0 aromatic carbocycles. The first-order chi connectivity index (χ1) is 16.8. The van der Waals surface area contributed by atoms with Gasteiger partial charge in [0, 0.05) is 29.6 Å². The van der Waals surface area contributed by atoms with E-state index in [0.29, 0.717) is 11.5 Å². The fraction of sp³-hybridized carbons (Fsp3) is 0.500. The molecule has 4 rings (SSSR count). The predicted molar refractivity (Wildman–Crippen MR) is 133 cm³/mol. The lowest BCUT2D eigenvalue weighted by Crippen LogP contribution is -2.49. The van der Waals surface area contributed by atoms with Crippen LogP contribution >= 0.6 is 0 Å². The van der Waals surface area contributed by atoms with Crippen molar-refractivity contribution in [2.24, 2.45) is 5.92 Å². The number of aromatic nitrogens is 4. The molecule has 0 bridgehead atoms. The maximum Gasteiger partial charge on any atom is 0.270 e. The minimum Gasteiger partial charge on any atom is -0.361 e. The van der Waals surface area contributed by atoms with Crippen LogP contribution in [0, 0.1) is 19.8 Å². The van der Waals surface area contributed by atoms with E-state index >= 15 is 0 Å². The van der Waals surface area contributed by atoms with E-state index in [1.807, 2.05) is 33.8 Å². The average molecular weight is 479 g/mol. The summed E-state index contributed by atoms with van der Waals surface area (Å²) in [7, 11) is 0. The van der Waals surface area contributed by atoms with Crippen molar-refractivity contribution in [2.45, 2.75) is 78.3 Å². The normalized spacial score (nSPS) is 15.6. The monoisotopic (exact) mass is 478 g/mol. The number of carbonyl (C=O) groups excluding carboxylic acids is 2. The second-order valence-corrected chi connectivity index (χ2v) is 9.58. The van der Waals surface area contributed by atoms with E-state index in [1.165, 1.54) is 0 Å². The van der Waals surface area contributed by atoms with Crippen molar-refractivity contribution >= 4 is 17.6 Å². The van der Waals surface area contributed by atoms with Gasteiger partial charge in [-0.05, 0) is 64.7 Å². The Morgan fingerprint density at radius 1 is 1.09 bits per heavy atom. The lowest BCUT2D eigenvalue weighted by Gasteiger charge is -2.26. The van der Waals surface area contributed by atoms with Crippen LogP contribution in [0.15, 0.2) is 35.1 Å². The van der Waals surface area contributed by atoms with Crippen molar-refractivity contribution < 1.29 is 14.1 Å². The number of anilines is 1. The summed E-state index contributed by atoms with van der Waals surface area (Å²) in [5.74, 6) is 0.683. The van der Waals surface area contributed by atoms with E-state index in [2.05, 4.69) is 25.9 Å². The van der Waals surface area contributed by atoms with Crippen LogP contribution in [-0.4, -0.2) is 37.8 Å². The molecule has 35 heavy (non-hydrogen) atoms. The highest BCUT2D eigenvalue weighted by Crippen LogP contribution is 2.28. The zero-order valence-electron chi connectivity index (χ0n) is 20.9. The molecule has 3 aromatic rings. The summed E-state index contributed by atoms with van der Waals surface area (Å²) in [6.45, 7) is 7.68. The van der Waals surface area contributed by atoms with E-state index < -0.39 is 6.04 Å². The zero-order valence-corrected chi connectivity index (χ0v) is 20.9. The molecule has 9 nitrogen and oxygen atoms in total. The van der Waals surface area contributed by atoms with E-state index in [0.717, 1.165) is 61.1 Å². The Morgan fingerprint density at radius 2 is 1.83 bits per heavy atom. The number of pyridine rings is 1. The summed E-state index contributed by atoms with van der Waals surface area (Å²) in [5.41, 5.74) is 3.02. The minimum atomic E-state index is -0.653. The largest absolute Gasteiger partial charge is 0.361 e. The van der Waals surface area contributed by atoms with Gasteiger partial charge in [-0.15, -0.1) is 0 Å². The Kier molecular flexibility index (Phi) is 7.63. The number of nitrogens with one attached hydrogen (secondary N) is 2. The molecule has 0 radical (unpaired) electrons. The van der Waals surface area contributed by atoms with Gasteiger partial charge in [-0.2, -0.15) is 5.10 Å². The molecule has 0 unspecified atom stereocenters. The van der Waals surface area contributed by atoms with E-state index in [-0.39, 0.29) is 23.8 Å². The first-order valence-electron chi connectivity index (χ1n) is 12.4. The number of amides is 2. The van der Waals surface area contributed by atoms with Gasteiger partial charge in [0.15, 0.2) is 0 Å². The molecule has 3 heterocycles. The van der Waals surface area contributed by atoms with Crippen LogP contribution in [0.2, 0.25) is 0 Å². The van der Waals surface area contributed by atoms with Gasteiger partial charge in [-0.25, -0.2) is 4.98 Å². The molecule has 186 valence electrons. The molecule has 1 aliphatic carbocycles. The smallest absolute Gasteiger partial charge is 0.270 e. The molecular weight excluding hydrogens is 444 g/mol. The molecule has 0 spiro atoms. The molecule has 0 saturated heterocycles. The highest BCUT2D eigenvalue weighted by Gasteiger charge is 2.32. The van der Waals surface area contributed by atoms with Crippen molar-refractivity contribution in [3.63, 3.8) is 0 Å². The number of carbonyl (C=O) groups is 2. The highest BCUT2D eigenvalue weighted by atomic mass is 16.5. The summed E-state index contributed by atoms with van der Waals surface area (Å²) in [6, 6.07) is 4.72. The molecule has 2 amide bonds. The van der Waals surface area contributed by atoms with Crippen LogP contribution in [0.1, 0.15) is 80.4 Å². The molecule has 2 N–H and O–H groups in total. The first kappa shape index (κ1) is 24.6. The average Bonchev–Trinajstić information content (AvgIpc) is 3.36. The van der Waals surface area contributed by atoms with Crippen molar-refractivity contribution in [1.82, 2.24) is 25.2 Å². The van der Waals surface area contributed by atoms with Crippen molar-refractivity contribution in [3.8, 4) is 11.1 Å². The summed E-state index contributed by atoms with van der Waals surface area (Å²) in [4.78, 5) is 31.1. The molecule has 1 fully saturated rings. The second kappa shape index (κ2) is 10.8. The van der Waals surface area contributed by atoms with Gasteiger partial charge in [0.1, 0.15) is 23.3 Å². The van der Waals surface area contributed by atoms with Crippen LogP contribution in [0.4, 0.5) is 5.82 Å². The third-order valence-electron chi connectivity index (χ3n) is 6.67. The topological polar surface area (TPSA) is 115 Å². The van der Waals surface area contributed by atoms with Gasteiger partial charge >= 0.3 is 0 Å². The standard InChI is InChI=1S/C26H34N6O3/c1-16(2)32-21(13-14-28-32)25(33)30-24(19-9-7-5-6-8-10-19)26(34)29-22-12-11-20(15-27-22)23-17(3)31-35-18(23)4/h11-16,19,24H,5-10H2,1-4H3,(H,30,33)(H,27,29,34)/t24-/m0/s1. The predicted octanol–water partition coefficient (Wildman–Crippen LogP) is 4.84. The minimum absolute atomic E-state index is 0.0383. The molecule has 1 saturated carbocycles. The molecule has 3 aromatic heterocycles. The number of aryl methyl sites for hydroxylation is 2. The second-order valence-electron chi connectivity index (χ2n) is 9.58. The van der Waals surface area contributed by atoms with Gasteiger partial charge < -0.3 is 15.2 Å². The molecule has 1 aliphatic rings. The molecule has 1 atom stereocenters. The van der Waals surface area contributed by atoms with E-state index in [1.54, 1.807) is 29.2 Å². The summed E-state index contributed by atoms with van der Waals surface area (Å²) < 4.78 is 6.92. The Balaban J connectivity index is 1.53. The summed E-state index contributed by atoms with van der Waals surface area (Å²) >= 11 is 0. The van der Waals surface area contributed by atoms with E-state index in [4.69, 9.17) is 4.52 Å². The summed E-state index contributed by atoms with van der Waals surface area (Å²) in [5, 5.41) is 14.2. The van der Waals surface area contributed by atoms with Gasteiger partial charge in [0.25, 0.3) is 5.91 Å². The van der Waals surface area contributed by atoms with Crippen LogP contribution in [0.5, 0.6) is 0 Å². The lowest BCUT2D eigenvalue weighted by atomic mass is 9.91. The van der Waals surface area contributed by atoms with Gasteiger partial charge in [0.05, 0.1) is 5.69 Å². The highest BCUT2D eigenvalue weighted by molar-refractivity contribution is 6.00. The fourth-order valence-corrected chi connectivity index (χ4v) is 4.88. The Hall–Kier alpha value is -3.49. The van der Waals surface area contributed by atoms with Crippen LogP contribution in [0.25, 0.3) is 11.1 Å². The van der Waals surface area contributed by atoms with Crippen molar-refractivity contribution in [3.05, 3.63) is 47.7 Å².